The van der Waals surface area contributed by atoms with Crippen LogP contribution in [0.4, 0.5) is 5.95 Å². The predicted molar refractivity (Wildman–Crippen MR) is 68.1 cm³/mol. The van der Waals surface area contributed by atoms with E-state index >= 15 is 0 Å². The maximum absolute atomic E-state index is 5.56. The van der Waals surface area contributed by atoms with Gasteiger partial charge in [-0.25, -0.2) is 10.8 Å². The van der Waals surface area contributed by atoms with Gasteiger partial charge < -0.3 is 4.74 Å². The summed E-state index contributed by atoms with van der Waals surface area (Å²) in [6.45, 7) is 2.47. The van der Waals surface area contributed by atoms with Crippen molar-refractivity contribution in [3.63, 3.8) is 0 Å². The highest BCUT2D eigenvalue weighted by Gasteiger charge is 2.02. The molecule has 0 spiro atoms. The molecule has 5 nitrogen and oxygen atoms in total. The van der Waals surface area contributed by atoms with E-state index in [2.05, 4.69) is 26.8 Å². The number of aryl methyl sites for hydroxylation is 1. The molecule has 2 rings (SSSR count). The molecule has 0 bridgehead atoms. The van der Waals surface area contributed by atoms with Gasteiger partial charge in [-0.3, -0.25) is 5.43 Å². The summed E-state index contributed by atoms with van der Waals surface area (Å²) in [7, 11) is 0. The fourth-order valence-electron chi connectivity index (χ4n) is 1.39. The summed E-state index contributed by atoms with van der Waals surface area (Å²) >= 11 is 1.72. The number of hydrogen-bond donors (Lipinski definition) is 2. The summed E-state index contributed by atoms with van der Waals surface area (Å²) in [5, 5.41) is 2.06. The number of nitrogens with two attached hydrogens (primary N) is 1. The maximum Gasteiger partial charge on any atom is 0.240 e. The summed E-state index contributed by atoms with van der Waals surface area (Å²) in [5.74, 6) is 6.18. The zero-order valence-corrected chi connectivity index (χ0v) is 10.3. The Labute approximate surface area is 104 Å². The topological polar surface area (TPSA) is 73.1 Å². The number of nitrogens with zero attached hydrogens (tertiary/aromatic N) is 2. The maximum atomic E-state index is 5.56. The van der Waals surface area contributed by atoms with Gasteiger partial charge in [0.1, 0.15) is 0 Å². The fraction of sp³-hybridized carbons (Fsp3) is 0.273. The Morgan fingerprint density at radius 3 is 3.06 bits per heavy atom. The highest BCUT2D eigenvalue weighted by atomic mass is 32.1. The molecule has 0 aliphatic carbocycles. The van der Waals surface area contributed by atoms with E-state index in [1.54, 1.807) is 17.4 Å². The quantitative estimate of drug-likeness (QED) is 0.625. The first-order chi connectivity index (χ1) is 8.28. The second-order valence-corrected chi connectivity index (χ2v) is 4.53. The Bertz CT molecular complexity index is 472. The van der Waals surface area contributed by atoms with E-state index in [1.165, 1.54) is 4.88 Å². The van der Waals surface area contributed by atoms with Crippen LogP contribution in [0, 0.1) is 6.92 Å². The van der Waals surface area contributed by atoms with Crippen LogP contribution in [0.2, 0.25) is 0 Å². The van der Waals surface area contributed by atoms with Gasteiger partial charge >= 0.3 is 0 Å². The van der Waals surface area contributed by atoms with Crippen molar-refractivity contribution in [3.8, 4) is 5.88 Å². The number of anilines is 1. The van der Waals surface area contributed by atoms with E-state index in [4.69, 9.17) is 10.6 Å². The largest absolute Gasteiger partial charge is 0.477 e. The lowest BCUT2D eigenvalue weighted by Crippen LogP contribution is -2.12. The van der Waals surface area contributed by atoms with Crippen molar-refractivity contribution in [1.29, 1.82) is 0 Å². The first kappa shape index (κ1) is 11.8. The van der Waals surface area contributed by atoms with Crippen LogP contribution in [0.25, 0.3) is 0 Å². The summed E-state index contributed by atoms with van der Waals surface area (Å²) < 4.78 is 5.56. The molecular weight excluding hydrogens is 236 g/mol. The minimum Gasteiger partial charge on any atom is -0.477 e. The van der Waals surface area contributed by atoms with Crippen LogP contribution in [0.15, 0.2) is 23.6 Å². The molecule has 0 aliphatic rings. The minimum absolute atomic E-state index is 0.371. The monoisotopic (exact) mass is 250 g/mol. The number of thiophene rings is 1. The van der Waals surface area contributed by atoms with Crippen molar-refractivity contribution in [2.75, 3.05) is 12.0 Å². The smallest absolute Gasteiger partial charge is 0.240 e. The van der Waals surface area contributed by atoms with Crippen LogP contribution in [0.1, 0.15) is 10.6 Å². The predicted octanol–water partition coefficient (Wildman–Crippen LogP) is 1.75. The van der Waals surface area contributed by atoms with Gasteiger partial charge in [0, 0.05) is 23.1 Å². The van der Waals surface area contributed by atoms with Crippen LogP contribution in [0.3, 0.4) is 0 Å². The zero-order valence-electron chi connectivity index (χ0n) is 9.51. The van der Waals surface area contributed by atoms with Gasteiger partial charge in [0.15, 0.2) is 0 Å². The molecule has 0 aromatic carbocycles. The molecule has 2 heterocycles. The Hall–Kier alpha value is -1.66. The number of nitrogen functional groups attached to an aromatic ring is 1. The van der Waals surface area contributed by atoms with Crippen molar-refractivity contribution in [2.45, 2.75) is 13.3 Å². The molecule has 0 atom stereocenters. The molecule has 0 saturated heterocycles. The number of hydrogen-bond acceptors (Lipinski definition) is 6. The van der Waals surface area contributed by atoms with Crippen LogP contribution in [-0.2, 0) is 6.42 Å². The van der Waals surface area contributed by atoms with E-state index in [-0.39, 0.29) is 0 Å². The third-order valence-corrected chi connectivity index (χ3v) is 3.07. The molecule has 6 heteroatoms. The first-order valence-corrected chi connectivity index (χ1v) is 6.13. The molecule has 0 saturated carbocycles. The van der Waals surface area contributed by atoms with Gasteiger partial charge in [0.05, 0.1) is 6.61 Å². The molecular formula is C11H14N4OS. The second kappa shape index (κ2) is 5.60. The van der Waals surface area contributed by atoms with E-state index in [1.807, 2.05) is 13.0 Å². The standard InChI is InChI=1S/C11H14N4OS/c1-8-7-10(14-11(13-8)15-12)16-5-4-9-3-2-6-17-9/h2-3,6-7H,4-5,12H2,1H3,(H,13,14,15). The van der Waals surface area contributed by atoms with Crippen LogP contribution in [0.5, 0.6) is 5.88 Å². The molecule has 0 radical (unpaired) electrons. The lowest BCUT2D eigenvalue weighted by molar-refractivity contribution is 0.310. The number of nitrogens with one attached hydrogen (secondary N) is 1. The Balaban J connectivity index is 1.92. The van der Waals surface area contributed by atoms with Crippen molar-refractivity contribution >= 4 is 17.3 Å². The summed E-state index contributed by atoms with van der Waals surface area (Å²) in [5.41, 5.74) is 3.23. The Morgan fingerprint density at radius 1 is 1.47 bits per heavy atom. The van der Waals surface area contributed by atoms with Crippen LogP contribution >= 0.6 is 11.3 Å². The van der Waals surface area contributed by atoms with Crippen molar-refractivity contribution in [3.05, 3.63) is 34.2 Å². The molecule has 90 valence electrons. The summed E-state index contributed by atoms with van der Waals surface area (Å²) in [6.07, 6.45) is 0.881. The van der Waals surface area contributed by atoms with Gasteiger partial charge in [-0.05, 0) is 18.4 Å². The van der Waals surface area contributed by atoms with Crippen LogP contribution in [-0.4, -0.2) is 16.6 Å². The van der Waals surface area contributed by atoms with Gasteiger partial charge in [-0.15, -0.1) is 11.3 Å². The average molecular weight is 250 g/mol. The van der Waals surface area contributed by atoms with E-state index in [0.29, 0.717) is 18.4 Å². The summed E-state index contributed by atoms with van der Waals surface area (Å²) in [4.78, 5) is 9.49. The number of ether oxygens (including phenoxy) is 1. The number of aromatic nitrogens is 2. The molecule has 0 amide bonds. The van der Waals surface area contributed by atoms with E-state index in [0.717, 1.165) is 12.1 Å². The Kier molecular flexibility index (Phi) is 3.89. The van der Waals surface area contributed by atoms with Crippen molar-refractivity contribution in [2.24, 2.45) is 5.84 Å². The highest BCUT2D eigenvalue weighted by Crippen LogP contribution is 2.13. The average Bonchev–Trinajstić information content (AvgIpc) is 2.81. The molecule has 3 N–H and O–H groups in total. The highest BCUT2D eigenvalue weighted by molar-refractivity contribution is 7.09. The van der Waals surface area contributed by atoms with Gasteiger partial charge in [0.2, 0.25) is 11.8 Å². The van der Waals surface area contributed by atoms with Gasteiger partial charge in [-0.2, -0.15) is 4.98 Å². The van der Waals surface area contributed by atoms with E-state index in [9.17, 15) is 0 Å². The molecule has 2 aromatic heterocycles. The summed E-state index contributed by atoms with van der Waals surface area (Å²) in [6, 6.07) is 5.91. The number of rotatable bonds is 5. The third-order valence-electron chi connectivity index (χ3n) is 2.14. The van der Waals surface area contributed by atoms with Gasteiger partial charge in [0.25, 0.3) is 0 Å². The van der Waals surface area contributed by atoms with Crippen LogP contribution < -0.4 is 16.0 Å². The second-order valence-electron chi connectivity index (χ2n) is 3.49. The first-order valence-electron chi connectivity index (χ1n) is 5.25. The zero-order chi connectivity index (χ0) is 12.1. The van der Waals surface area contributed by atoms with Crippen molar-refractivity contribution < 1.29 is 4.74 Å². The molecule has 0 unspecified atom stereocenters. The molecule has 17 heavy (non-hydrogen) atoms. The Morgan fingerprint density at radius 2 is 2.35 bits per heavy atom. The van der Waals surface area contributed by atoms with Gasteiger partial charge in [-0.1, -0.05) is 6.07 Å². The van der Waals surface area contributed by atoms with Crippen molar-refractivity contribution in [1.82, 2.24) is 9.97 Å². The third kappa shape index (κ3) is 3.40. The lowest BCUT2D eigenvalue weighted by atomic mass is 10.4. The molecule has 0 fully saturated rings. The minimum atomic E-state index is 0.371. The lowest BCUT2D eigenvalue weighted by Gasteiger charge is -2.06. The molecule has 0 aliphatic heterocycles. The number of hydrazine groups is 1. The fourth-order valence-corrected chi connectivity index (χ4v) is 2.08. The normalized spacial score (nSPS) is 10.2. The van der Waals surface area contributed by atoms with E-state index < -0.39 is 0 Å². The molecule has 2 aromatic rings. The SMILES string of the molecule is Cc1cc(OCCc2cccs2)nc(NN)n1.